The van der Waals surface area contributed by atoms with E-state index < -0.39 is 8.07 Å². The number of halogens is 2. The van der Waals surface area contributed by atoms with Gasteiger partial charge in [-0.3, -0.25) is 0 Å². The minimum absolute atomic E-state index is 0.242. The van der Waals surface area contributed by atoms with Crippen LogP contribution in [0.4, 0.5) is 23.3 Å². The van der Waals surface area contributed by atoms with E-state index in [1.54, 1.807) is 64.8 Å². The van der Waals surface area contributed by atoms with Crippen LogP contribution in [0.15, 0.2) is 113 Å². The van der Waals surface area contributed by atoms with Crippen molar-refractivity contribution in [1.29, 1.82) is 0 Å². The van der Waals surface area contributed by atoms with E-state index in [4.69, 9.17) is 52.0 Å². The van der Waals surface area contributed by atoms with Crippen molar-refractivity contribution >= 4 is 63.2 Å². The molecule has 0 aliphatic heterocycles. The van der Waals surface area contributed by atoms with Gasteiger partial charge in [-0.05, 0) is 83.4 Å². The third-order valence-electron chi connectivity index (χ3n) is 11.6. The van der Waals surface area contributed by atoms with E-state index in [-0.39, 0.29) is 17.6 Å². The predicted molar refractivity (Wildman–Crippen MR) is 351 cm³/mol. The lowest BCUT2D eigenvalue weighted by molar-refractivity contribution is 0.391. The lowest BCUT2D eigenvalue weighted by atomic mass is 10.0. The third-order valence-corrected chi connectivity index (χ3v) is 13.4. The molecule has 88 heavy (non-hydrogen) atoms. The summed E-state index contributed by atoms with van der Waals surface area (Å²) in [5.74, 6) is 15.4. The Morgan fingerprint density at radius 3 is 1.47 bits per heavy atom. The summed E-state index contributed by atoms with van der Waals surface area (Å²) in [7, 11) is 1.53. The van der Waals surface area contributed by atoms with Gasteiger partial charge in [-0.15, -0.1) is 12.0 Å². The second-order valence-electron chi connectivity index (χ2n) is 20.9. The number of anilines is 4. The number of methoxy groups -OCH3 is 2. The first-order valence-corrected chi connectivity index (χ1v) is 32.5. The molecule has 1 aromatic carbocycles. The van der Waals surface area contributed by atoms with Gasteiger partial charge in [-0.2, -0.15) is 0 Å². The molecule has 8 heterocycles. The van der Waals surface area contributed by atoms with Crippen LogP contribution in [0, 0.1) is 57.4 Å². The Kier molecular flexibility index (Phi) is 24.8. The normalized spacial score (nSPS) is 10.5. The SMILES string of the molecule is C#Cc1cnc(OC)cc1Oc1cnc(C)nc1N.COc1cc(Oc2cnc(C)nc2N)c(C#C[Si](C)(C)C)cn1.Cc1ncc(Oc2cc(Br)ncc2C(C)C)c(NCc2ccccc2)n1.Cc1ncc(Oc2cc(Br)ncc2CC(C)C)c(N)n1. The average Bonchev–Trinajstić information content (AvgIpc) is 2.32. The van der Waals surface area contributed by atoms with Crippen LogP contribution in [-0.2, 0) is 13.0 Å². The van der Waals surface area contributed by atoms with Gasteiger partial charge >= 0.3 is 0 Å². The van der Waals surface area contributed by atoms with Crippen molar-refractivity contribution in [2.45, 2.75) is 93.9 Å². The molecule has 9 rings (SSSR count). The number of aryl methyl sites for hydroxylation is 4. The first kappa shape index (κ1) is 67.6. The van der Waals surface area contributed by atoms with Crippen LogP contribution < -0.4 is 50.9 Å². The van der Waals surface area contributed by atoms with Gasteiger partial charge < -0.3 is 50.9 Å². The monoisotopic (exact) mass is 1330 g/mol. The zero-order valence-electron chi connectivity index (χ0n) is 51.3. The van der Waals surface area contributed by atoms with E-state index in [2.05, 4.69) is 174 Å². The molecule has 0 saturated heterocycles. The number of nitrogens with zero attached hydrogens (tertiary/aromatic N) is 12. The van der Waals surface area contributed by atoms with Gasteiger partial charge in [0.15, 0.2) is 46.3 Å². The quantitative estimate of drug-likeness (QED) is 0.0397. The van der Waals surface area contributed by atoms with Crippen LogP contribution >= 0.6 is 31.9 Å². The fourth-order valence-corrected chi connectivity index (χ4v) is 8.47. The second kappa shape index (κ2) is 32.3. The number of ether oxygens (including phenoxy) is 6. The smallest absolute Gasteiger partial charge is 0.216 e. The molecule has 0 unspecified atom stereocenters. The van der Waals surface area contributed by atoms with Crippen molar-refractivity contribution in [2.75, 3.05) is 36.7 Å². The Hall–Kier alpha value is -9.56. The number of rotatable bonds is 16. The largest absolute Gasteiger partial charge is 0.481 e. The molecule has 0 radical (unpaired) electrons. The average molecular weight is 1340 g/mol. The summed E-state index contributed by atoms with van der Waals surface area (Å²) in [4.78, 5) is 50.0. The highest BCUT2D eigenvalue weighted by Crippen LogP contribution is 2.36. The maximum atomic E-state index is 6.17. The summed E-state index contributed by atoms with van der Waals surface area (Å²) in [5.41, 5.74) is 25.2. The van der Waals surface area contributed by atoms with Gasteiger partial charge in [-0.25, -0.2) is 59.8 Å². The van der Waals surface area contributed by atoms with Crippen LogP contribution in [0.2, 0.25) is 19.6 Å². The molecule has 25 heteroatoms. The molecular weight excluding hydrogens is 1260 g/mol. The highest BCUT2D eigenvalue weighted by Gasteiger charge is 2.17. The number of aromatic nitrogens is 12. The van der Waals surface area contributed by atoms with E-state index in [0.29, 0.717) is 109 Å². The van der Waals surface area contributed by atoms with Crippen molar-refractivity contribution in [2.24, 2.45) is 5.92 Å². The molecule has 22 nitrogen and oxygen atoms in total. The molecule has 0 saturated carbocycles. The Balaban J connectivity index is 0.000000189. The number of pyridine rings is 4. The fourth-order valence-electron chi connectivity index (χ4n) is 7.34. The zero-order chi connectivity index (χ0) is 64.1. The van der Waals surface area contributed by atoms with Gasteiger partial charge in [0, 0.05) is 54.3 Å². The summed E-state index contributed by atoms with van der Waals surface area (Å²) >= 11 is 6.76. The minimum atomic E-state index is -1.52. The van der Waals surface area contributed by atoms with Crippen molar-refractivity contribution in [3.05, 3.63) is 164 Å². The van der Waals surface area contributed by atoms with E-state index in [0.717, 1.165) is 33.6 Å². The standard InChI is InChI=1S/C20H21BrN4O.C16H20N4O2Si.C14H17BrN4O.C13H12N4O2/c1-13(2)16-11-23-19(21)9-17(16)26-18-12-22-14(3)25-20(18)24-10-15-7-5-4-6-8-15;1-11-18-10-14(16(17)20-11)22-13-8-15(21-2)19-9-12(13)6-7-23(3,4)5;1-8(2)4-10-6-18-13(15)5-11(10)20-12-7-17-9(3)19-14(12)16;1-4-9-6-16-12(18-3)5-10(9)19-11-7-15-8(2)17-13(11)14/h4-9,11-13H,10H2,1-3H3,(H,22,24,25);8-10H,1-5H3,(H2,17,18,20);5-8H,4H2,1-3H3,(H2,16,17,19);1,5-7H,2-3H3,(H2,14,15,17). The molecule has 0 fully saturated rings. The van der Waals surface area contributed by atoms with E-state index >= 15 is 0 Å². The van der Waals surface area contributed by atoms with Gasteiger partial charge in [0.05, 0.1) is 62.5 Å². The molecule has 0 aliphatic rings. The molecule has 0 atom stereocenters. The van der Waals surface area contributed by atoms with Gasteiger partial charge in [0.2, 0.25) is 11.8 Å². The topological polar surface area (TPSA) is 300 Å². The molecule has 0 aliphatic carbocycles. The molecule has 456 valence electrons. The highest BCUT2D eigenvalue weighted by molar-refractivity contribution is 9.10. The lowest BCUT2D eigenvalue weighted by Crippen LogP contribution is -2.16. The molecule has 0 bridgehead atoms. The molecule has 8 aromatic heterocycles. The zero-order valence-corrected chi connectivity index (χ0v) is 55.4. The lowest BCUT2D eigenvalue weighted by Gasteiger charge is -2.16. The Morgan fingerprint density at radius 2 is 0.989 bits per heavy atom. The van der Waals surface area contributed by atoms with Crippen LogP contribution in [0.25, 0.3) is 0 Å². The number of nitrogens with one attached hydrogen (secondary N) is 1. The fraction of sp³-hybridized carbons (Fsp3) is 0.270. The number of benzene rings is 1. The number of hydrogen-bond donors (Lipinski definition) is 4. The van der Waals surface area contributed by atoms with Crippen LogP contribution in [0.1, 0.15) is 84.7 Å². The van der Waals surface area contributed by atoms with E-state index in [9.17, 15) is 0 Å². The van der Waals surface area contributed by atoms with Crippen molar-refractivity contribution in [3.8, 4) is 81.6 Å². The van der Waals surface area contributed by atoms with Gasteiger partial charge in [-0.1, -0.05) is 89.5 Å². The van der Waals surface area contributed by atoms with Crippen molar-refractivity contribution in [1.82, 2.24) is 59.8 Å². The predicted octanol–water partition coefficient (Wildman–Crippen LogP) is 13.3. The highest BCUT2D eigenvalue weighted by atomic mass is 79.9. The van der Waals surface area contributed by atoms with E-state index in [1.165, 1.54) is 25.1 Å². The molecule has 0 amide bonds. The first-order chi connectivity index (χ1) is 41.9. The maximum absolute atomic E-state index is 6.17. The number of terminal acetylenes is 1. The number of nitrogen functional groups attached to an aromatic ring is 3. The van der Waals surface area contributed by atoms with Crippen LogP contribution in [-0.4, -0.2) is 82.1 Å². The van der Waals surface area contributed by atoms with Gasteiger partial charge in [0.25, 0.3) is 0 Å². The minimum Gasteiger partial charge on any atom is -0.481 e. The first-order valence-electron chi connectivity index (χ1n) is 27.4. The molecule has 0 spiro atoms. The molecular formula is C63H70Br2N16O6Si. The summed E-state index contributed by atoms with van der Waals surface area (Å²) in [5, 5.41) is 3.35. The van der Waals surface area contributed by atoms with Crippen molar-refractivity contribution < 1.29 is 28.4 Å². The maximum Gasteiger partial charge on any atom is 0.216 e. The van der Waals surface area contributed by atoms with Crippen LogP contribution in [0.5, 0.6) is 57.8 Å². The number of hydrogen-bond acceptors (Lipinski definition) is 22. The summed E-state index contributed by atoms with van der Waals surface area (Å²) in [6.07, 6.45) is 19.3. The van der Waals surface area contributed by atoms with E-state index in [1.807, 2.05) is 49.6 Å². The Labute approximate surface area is 531 Å². The van der Waals surface area contributed by atoms with Gasteiger partial charge in [0.1, 0.15) is 63.6 Å². The molecule has 9 aromatic rings. The van der Waals surface area contributed by atoms with Crippen LogP contribution in [0.3, 0.4) is 0 Å². The second-order valence-corrected chi connectivity index (χ2v) is 27.3. The van der Waals surface area contributed by atoms with Crippen molar-refractivity contribution in [3.63, 3.8) is 0 Å². The number of nitrogens with two attached hydrogens (primary N) is 3. The summed E-state index contributed by atoms with van der Waals surface area (Å²) in [6, 6.07) is 17.1. The Bertz CT molecular complexity index is 3940. The third kappa shape index (κ3) is 21.1. The molecule has 7 N–H and O–H groups in total. The Morgan fingerprint density at radius 1 is 0.534 bits per heavy atom. The summed E-state index contributed by atoms with van der Waals surface area (Å²) < 4.78 is 35.1. The summed E-state index contributed by atoms with van der Waals surface area (Å²) in [6.45, 7) is 22.8.